The average molecular weight is 198 g/mol. The van der Waals surface area contributed by atoms with Gasteiger partial charge >= 0.3 is 5.91 Å². The van der Waals surface area contributed by atoms with Gasteiger partial charge < -0.3 is 10.7 Å². The highest BCUT2D eigenvalue weighted by Gasteiger charge is 2.40. The summed E-state index contributed by atoms with van der Waals surface area (Å²) in [5.74, 6) is -0.345. The van der Waals surface area contributed by atoms with Crippen molar-refractivity contribution in [1.29, 1.82) is 0 Å². The lowest BCUT2D eigenvalue weighted by atomic mass is 9.89. The van der Waals surface area contributed by atoms with E-state index in [-0.39, 0.29) is 5.91 Å². The van der Waals surface area contributed by atoms with E-state index in [0.717, 1.165) is 32.1 Å². The molecule has 0 fully saturated rings. The molecule has 0 spiro atoms. The number of nitrogens with zero attached hydrogens (tertiary/aromatic N) is 1. The van der Waals surface area contributed by atoms with E-state index in [9.17, 15) is 10.0 Å². The monoisotopic (exact) mass is 198 g/mol. The number of amides is 1. The summed E-state index contributed by atoms with van der Waals surface area (Å²) in [4.78, 5) is 15.7. The van der Waals surface area contributed by atoms with Crippen LogP contribution in [-0.4, -0.2) is 17.7 Å². The first kappa shape index (κ1) is 11.3. The van der Waals surface area contributed by atoms with Gasteiger partial charge in [0, 0.05) is 6.21 Å². The van der Waals surface area contributed by atoms with Gasteiger partial charge in [-0.3, -0.25) is 4.99 Å². The van der Waals surface area contributed by atoms with Crippen LogP contribution >= 0.6 is 0 Å². The molecule has 80 valence electrons. The molecule has 0 aromatic heterocycles. The zero-order valence-electron chi connectivity index (χ0n) is 8.66. The maximum absolute atomic E-state index is 11.4. The molecule has 2 N–H and O–H groups in total. The second kappa shape index (κ2) is 5.22. The Morgan fingerprint density at radius 2 is 2.43 bits per heavy atom. The first-order valence-electron chi connectivity index (χ1n) is 5.28. The SMILES string of the molecule is CCCCCC1(C(=O)[NH2+][O-])CCC=N1. The van der Waals surface area contributed by atoms with Gasteiger partial charge in [0.1, 0.15) is 0 Å². The zero-order valence-corrected chi connectivity index (χ0v) is 8.66. The van der Waals surface area contributed by atoms with Crippen molar-refractivity contribution >= 4 is 12.1 Å². The Kier molecular flexibility index (Phi) is 4.22. The van der Waals surface area contributed by atoms with E-state index in [0.29, 0.717) is 11.9 Å². The van der Waals surface area contributed by atoms with Crippen LogP contribution in [0.2, 0.25) is 0 Å². The predicted molar refractivity (Wildman–Crippen MR) is 54.9 cm³/mol. The van der Waals surface area contributed by atoms with Gasteiger partial charge in [-0.25, -0.2) is 4.79 Å². The summed E-state index contributed by atoms with van der Waals surface area (Å²) in [7, 11) is 0. The van der Waals surface area contributed by atoms with Gasteiger partial charge in [-0.15, -0.1) is 0 Å². The standard InChI is InChI=1S/C10H18N2O2/c1-2-3-4-6-10(9(13)12-14)7-5-8-11-10/h8H,2-7,12H2,1H3. The molecule has 0 radical (unpaired) electrons. The molecule has 1 amide bonds. The van der Waals surface area contributed by atoms with Crippen LogP contribution in [0.5, 0.6) is 0 Å². The molecule has 1 unspecified atom stereocenters. The maximum atomic E-state index is 11.4. The number of hydroxylamine groups is 1. The highest BCUT2D eigenvalue weighted by Crippen LogP contribution is 2.28. The zero-order chi connectivity index (χ0) is 10.4. The number of aliphatic imine (C=N–C) groups is 1. The van der Waals surface area contributed by atoms with Crippen LogP contribution in [-0.2, 0) is 4.79 Å². The third-order valence-corrected chi connectivity index (χ3v) is 2.79. The second-order valence-electron chi connectivity index (χ2n) is 3.82. The molecular formula is C10H18N2O2. The summed E-state index contributed by atoms with van der Waals surface area (Å²) in [5, 5.41) is 10.5. The van der Waals surface area contributed by atoms with Crippen LogP contribution in [0.1, 0.15) is 45.4 Å². The number of hydrogen-bond donors (Lipinski definition) is 1. The predicted octanol–water partition coefficient (Wildman–Crippen LogP) is 0.758. The summed E-state index contributed by atoms with van der Waals surface area (Å²) in [6, 6.07) is 0. The number of rotatable bonds is 5. The van der Waals surface area contributed by atoms with Gasteiger partial charge in [0.25, 0.3) is 0 Å². The molecule has 14 heavy (non-hydrogen) atoms. The van der Waals surface area contributed by atoms with E-state index in [4.69, 9.17) is 0 Å². The van der Waals surface area contributed by atoms with Gasteiger partial charge in [0.2, 0.25) is 0 Å². The Hall–Kier alpha value is -0.740. The summed E-state index contributed by atoms with van der Waals surface area (Å²) in [6.45, 7) is 2.12. The van der Waals surface area contributed by atoms with Gasteiger partial charge in [-0.05, 0) is 19.3 Å². The van der Waals surface area contributed by atoms with Gasteiger partial charge in [0.05, 0.1) is 0 Å². The number of carbonyl (C=O) groups excluding carboxylic acids is 1. The average Bonchev–Trinajstić information content (AvgIpc) is 2.67. The number of unbranched alkanes of at least 4 members (excludes halogenated alkanes) is 2. The molecule has 0 bridgehead atoms. The molecule has 0 saturated heterocycles. The number of quaternary nitrogens is 1. The highest BCUT2D eigenvalue weighted by atomic mass is 16.5. The van der Waals surface area contributed by atoms with E-state index in [1.165, 1.54) is 0 Å². The van der Waals surface area contributed by atoms with Gasteiger partial charge in [-0.1, -0.05) is 26.2 Å². The molecule has 4 nitrogen and oxygen atoms in total. The molecule has 1 atom stereocenters. The quantitative estimate of drug-likeness (QED) is 0.523. The lowest BCUT2D eigenvalue weighted by Crippen LogP contribution is -2.86. The Morgan fingerprint density at radius 1 is 1.64 bits per heavy atom. The van der Waals surface area contributed by atoms with Crippen molar-refractivity contribution in [3.8, 4) is 0 Å². The van der Waals surface area contributed by atoms with Crippen molar-refractivity contribution in [3.05, 3.63) is 5.21 Å². The van der Waals surface area contributed by atoms with Crippen molar-refractivity contribution in [1.82, 2.24) is 0 Å². The van der Waals surface area contributed by atoms with Crippen molar-refractivity contribution < 1.29 is 10.3 Å². The van der Waals surface area contributed by atoms with Gasteiger partial charge in [-0.2, -0.15) is 0 Å². The van der Waals surface area contributed by atoms with Crippen LogP contribution < -0.4 is 5.48 Å². The maximum Gasteiger partial charge on any atom is 0.338 e. The van der Waals surface area contributed by atoms with Crippen molar-refractivity contribution in [2.24, 2.45) is 4.99 Å². The fraction of sp³-hybridized carbons (Fsp3) is 0.800. The molecule has 4 heteroatoms. The summed E-state index contributed by atoms with van der Waals surface area (Å²) in [6.07, 6.45) is 7.24. The Bertz CT molecular complexity index is 228. The topological polar surface area (TPSA) is 69.1 Å². The highest BCUT2D eigenvalue weighted by molar-refractivity contribution is 5.82. The van der Waals surface area contributed by atoms with Crippen LogP contribution in [0.3, 0.4) is 0 Å². The fourth-order valence-corrected chi connectivity index (χ4v) is 1.88. The summed E-state index contributed by atoms with van der Waals surface area (Å²) < 4.78 is 0. The van der Waals surface area contributed by atoms with Crippen LogP contribution in [0.4, 0.5) is 0 Å². The molecular weight excluding hydrogens is 180 g/mol. The minimum Gasteiger partial charge on any atom is -0.628 e. The molecule has 1 aliphatic rings. The largest absolute Gasteiger partial charge is 0.628 e. The van der Waals surface area contributed by atoms with Crippen molar-refractivity contribution in [2.45, 2.75) is 51.0 Å². The molecule has 1 aliphatic heterocycles. The van der Waals surface area contributed by atoms with E-state index < -0.39 is 5.54 Å². The van der Waals surface area contributed by atoms with E-state index >= 15 is 0 Å². The summed E-state index contributed by atoms with van der Waals surface area (Å²) >= 11 is 0. The molecule has 1 heterocycles. The van der Waals surface area contributed by atoms with Crippen LogP contribution in [0.25, 0.3) is 0 Å². The minimum atomic E-state index is -0.684. The van der Waals surface area contributed by atoms with E-state index in [2.05, 4.69) is 11.9 Å². The van der Waals surface area contributed by atoms with Crippen molar-refractivity contribution in [2.75, 3.05) is 0 Å². The first-order valence-corrected chi connectivity index (χ1v) is 5.28. The number of carbonyl (C=O) groups is 1. The van der Waals surface area contributed by atoms with Gasteiger partial charge in [0.15, 0.2) is 5.54 Å². The lowest BCUT2D eigenvalue weighted by Gasteiger charge is -2.22. The molecule has 0 saturated carbocycles. The normalized spacial score (nSPS) is 25.6. The Morgan fingerprint density at radius 3 is 2.93 bits per heavy atom. The Balaban J connectivity index is 2.54. The molecule has 0 aliphatic carbocycles. The third-order valence-electron chi connectivity index (χ3n) is 2.79. The Labute approximate surface area is 84.4 Å². The number of nitrogens with two attached hydrogens (primary N) is 1. The molecule has 0 aromatic rings. The fourth-order valence-electron chi connectivity index (χ4n) is 1.88. The third kappa shape index (κ3) is 2.39. The number of primary amides is 1. The van der Waals surface area contributed by atoms with Crippen LogP contribution in [0.15, 0.2) is 4.99 Å². The molecule has 0 aromatic carbocycles. The number of hydrogen-bond acceptors (Lipinski definition) is 3. The van der Waals surface area contributed by atoms with E-state index in [1.54, 1.807) is 6.21 Å². The smallest absolute Gasteiger partial charge is 0.338 e. The minimum absolute atomic E-state index is 0.345. The lowest BCUT2D eigenvalue weighted by molar-refractivity contribution is -0.504. The summed E-state index contributed by atoms with van der Waals surface area (Å²) in [5.41, 5.74) is -0.258. The molecule has 1 rings (SSSR count). The van der Waals surface area contributed by atoms with Crippen LogP contribution in [0, 0.1) is 5.21 Å². The van der Waals surface area contributed by atoms with E-state index in [1.807, 2.05) is 0 Å². The second-order valence-corrected chi connectivity index (χ2v) is 3.82. The first-order chi connectivity index (χ1) is 6.75. The van der Waals surface area contributed by atoms with Crippen molar-refractivity contribution in [3.63, 3.8) is 0 Å².